The van der Waals surface area contributed by atoms with E-state index in [9.17, 15) is 5.11 Å². The fourth-order valence-corrected chi connectivity index (χ4v) is 3.82. The van der Waals surface area contributed by atoms with E-state index in [1.54, 1.807) is 11.3 Å². The van der Waals surface area contributed by atoms with Crippen LogP contribution in [0.2, 0.25) is 0 Å². The molecule has 3 aromatic rings. The van der Waals surface area contributed by atoms with Gasteiger partial charge in [0.1, 0.15) is 11.1 Å². The molecule has 4 heteroatoms. The molecular weight excluding hydrogens is 286 g/mol. The number of aliphatic hydroxyl groups excluding tert-OH is 1. The summed E-state index contributed by atoms with van der Waals surface area (Å²) in [7, 11) is 0. The second kappa shape index (κ2) is 5.87. The molecule has 1 aromatic carbocycles. The van der Waals surface area contributed by atoms with E-state index in [4.69, 9.17) is 0 Å². The van der Waals surface area contributed by atoms with Crippen LogP contribution in [0, 0.1) is 0 Å². The summed E-state index contributed by atoms with van der Waals surface area (Å²) < 4.78 is 0. The van der Waals surface area contributed by atoms with Gasteiger partial charge in [0.25, 0.3) is 0 Å². The molecule has 1 unspecified atom stereocenters. The molecule has 0 saturated carbocycles. The molecule has 102 valence electrons. The summed E-state index contributed by atoms with van der Waals surface area (Å²) in [4.78, 5) is 7.11. The minimum Gasteiger partial charge on any atom is -0.381 e. The molecule has 1 N–H and O–H groups in total. The van der Waals surface area contributed by atoms with Crippen LogP contribution in [-0.2, 0) is 6.42 Å². The molecular formula is C16H15NOS2. The lowest BCUT2D eigenvalue weighted by Crippen LogP contribution is -1.98. The van der Waals surface area contributed by atoms with Crippen molar-refractivity contribution in [3.63, 3.8) is 0 Å². The van der Waals surface area contributed by atoms with Crippen molar-refractivity contribution < 1.29 is 5.11 Å². The number of rotatable bonds is 4. The minimum atomic E-state index is -0.638. The highest BCUT2D eigenvalue weighted by Crippen LogP contribution is 2.32. The summed E-state index contributed by atoms with van der Waals surface area (Å²) in [5, 5.41) is 13.1. The number of aliphatic hydroxyl groups is 1. The third-order valence-corrected chi connectivity index (χ3v) is 5.28. The Balaban J connectivity index is 1.86. The summed E-state index contributed by atoms with van der Waals surface area (Å²) in [5.41, 5.74) is 1.85. The molecule has 2 nitrogen and oxygen atoms in total. The second-order valence-corrected chi connectivity index (χ2v) is 6.56. The molecule has 0 amide bonds. The van der Waals surface area contributed by atoms with Gasteiger partial charge in [-0.3, -0.25) is 0 Å². The molecule has 0 spiro atoms. The lowest BCUT2D eigenvalue weighted by atomic mass is 10.1. The van der Waals surface area contributed by atoms with Crippen LogP contribution in [0.25, 0.3) is 10.6 Å². The average Bonchev–Trinajstić information content (AvgIpc) is 3.16. The molecule has 0 aliphatic heterocycles. The molecule has 0 aliphatic carbocycles. The van der Waals surface area contributed by atoms with Crippen LogP contribution in [0.3, 0.4) is 0 Å². The Kier molecular flexibility index (Phi) is 3.96. The summed E-state index contributed by atoms with van der Waals surface area (Å²) in [6, 6.07) is 13.9. The highest BCUT2D eigenvalue weighted by molar-refractivity contribution is 7.16. The van der Waals surface area contributed by atoms with Gasteiger partial charge in [-0.05, 0) is 24.1 Å². The van der Waals surface area contributed by atoms with Crippen molar-refractivity contribution in [1.82, 2.24) is 4.98 Å². The van der Waals surface area contributed by atoms with Crippen LogP contribution in [0.5, 0.6) is 0 Å². The Morgan fingerprint density at radius 1 is 1.15 bits per heavy atom. The van der Waals surface area contributed by atoms with Gasteiger partial charge in [0.15, 0.2) is 0 Å². The van der Waals surface area contributed by atoms with Crippen molar-refractivity contribution >= 4 is 22.7 Å². The summed E-state index contributed by atoms with van der Waals surface area (Å²) in [6.07, 6.45) is 0.412. The first-order valence-electron chi connectivity index (χ1n) is 6.55. The van der Waals surface area contributed by atoms with Gasteiger partial charge < -0.3 is 5.11 Å². The van der Waals surface area contributed by atoms with Gasteiger partial charge in [-0.1, -0.05) is 37.3 Å². The molecule has 0 bridgehead atoms. The third kappa shape index (κ3) is 2.68. The molecule has 0 radical (unpaired) electrons. The number of hydrogen-bond donors (Lipinski definition) is 1. The SMILES string of the molecule is CCc1ccc(-c2csc(C(O)c3ccccc3)n2)s1. The number of hydrogen-bond acceptors (Lipinski definition) is 4. The zero-order valence-electron chi connectivity index (χ0n) is 11.1. The highest BCUT2D eigenvalue weighted by Gasteiger charge is 2.15. The van der Waals surface area contributed by atoms with Crippen molar-refractivity contribution in [2.24, 2.45) is 0 Å². The number of nitrogens with zero attached hydrogens (tertiary/aromatic N) is 1. The van der Waals surface area contributed by atoms with E-state index < -0.39 is 6.10 Å². The van der Waals surface area contributed by atoms with Gasteiger partial charge in [0, 0.05) is 10.3 Å². The normalized spacial score (nSPS) is 12.5. The fourth-order valence-electron chi connectivity index (χ4n) is 2.01. The predicted octanol–water partition coefficient (Wildman–Crippen LogP) is 4.52. The number of thiazole rings is 1. The quantitative estimate of drug-likeness (QED) is 0.769. The summed E-state index contributed by atoms with van der Waals surface area (Å²) >= 11 is 3.28. The van der Waals surface area contributed by atoms with Gasteiger partial charge in [-0.15, -0.1) is 22.7 Å². The van der Waals surface area contributed by atoms with Crippen LogP contribution in [0.15, 0.2) is 47.8 Å². The van der Waals surface area contributed by atoms with E-state index >= 15 is 0 Å². The molecule has 1 atom stereocenters. The van der Waals surface area contributed by atoms with E-state index in [0.717, 1.165) is 22.7 Å². The van der Waals surface area contributed by atoms with Gasteiger partial charge in [-0.2, -0.15) is 0 Å². The Hall–Kier alpha value is -1.49. The van der Waals surface area contributed by atoms with E-state index in [0.29, 0.717) is 0 Å². The lowest BCUT2D eigenvalue weighted by molar-refractivity contribution is 0.220. The molecule has 2 aromatic heterocycles. The van der Waals surface area contributed by atoms with E-state index in [1.807, 2.05) is 35.7 Å². The van der Waals surface area contributed by atoms with Gasteiger partial charge in [0.05, 0.1) is 10.6 Å². The number of benzene rings is 1. The van der Waals surface area contributed by atoms with Gasteiger partial charge >= 0.3 is 0 Å². The zero-order valence-corrected chi connectivity index (χ0v) is 12.7. The van der Waals surface area contributed by atoms with E-state index in [2.05, 4.69) is 24.0 Å². The van der Waals surface area contributed by atoms with E-state index in [1.165, 1.54) is 21.1 Å². The standard InChI is InChI=1S/C16H15NOS2/c1-2-12-8-9-14(20-12)13-10-19-16(17-13)15(18)11-6-4-3-5-7-11/h3-10,15,18H,2H2,1H3. The maximum absolute atomic E-state index is 10.4. The molecule has 0 saturated heterocycles. The highest BCUT2D eigenvalue weighted by atomic mass is 32.1. The maximum Gasteiger partial charge on any atom is 0.131 e. The van der Waals surface area contributed by atoms with Gasteiger partial charge in [-0.25, -0.2) is 4.98 Å². The van der Waals surface area contributed by atoms with Crippen LogP contribution < -0.4 is 0 Å². The van der Waals surface area contributed by atoms with Crippen molar-refractivity contribution in [2.45, 2.75) is 19.4 Å². The number of aryl methyl sites for hydroxylation is 1. The first-order chi connectivity index (χ1) is 9.78. The second-order valence-electron chi connectivity index (χ2n) is 4.50. The predicted molar refractivity (Wildman–Crippen MR) is 85.3 cm³/mol. The molecule has 0 aliphatic rings. The van der Waals surface area contributed by atoms with Crippen LogP contribution in [0.1, 0.15) is 28.5 Å². The Labute approximate surface area is 126 Å². The first-order valence-corrected chi connectivity index (χ1v) is 8.25. The Morgan fingerprint density at radius 2 is 1.95 bits per heavy atom. The van der Waals surface area contributed by atoms with Crippen LogP contribution in [-0.4, -0.2) is 10.1 Å². The summed E-state index contributed by atoms with van der Waals surface area (Å²) in [6.45, 7) is 2.15. The largest absolute Gasteiger partial charge is 0.381 e. The van der Waals surface area contributed by atoms with Gasteiger partial charge in [0.2, 0.25) is 0 Å². The maximum atomic E-state index is 10.4. The smallest absolute Gasteiger partial charge is 0.131 e. The molecule has 0 fully saturated rings. The number of thiophene rings is 1. The molecule has 3 rings (SSSR count). The fraction of sp³-hybridized carbons (Fsp3) is 0.188. The third-order valence-electron chi connectivity index (χ3n) is 3.13. The van der Waals surface area contributed by atoms with Crippen molar-refractivity contribution in [3.8, 4) is 10.6 Å². The van der Waals surface area contributed by atoms with Crippen LogP contribution in [0.4, 0.5) is 0 Å². The number of aromatic nitrogens is 1. The lowest BCUT2D eigenvalue weighted by Gasteiger charge is -2.06. The van der Waals surface area contributed by atoms with Crippen molar-refractivity contribution in [2.75, 3.05) is 0 Å². The molecule has 20 heavy (non-hydrogen) atoms. The summed E-state index contributed by atoms with van der Waals surface area (Å²) in [5.74, 6) is 0. The van der Waals surface area contributed by atoms with Crippen LogP contribution >= 0.6 is 22.7 Å². The Morgan fingerprint density at radius 3 is 2.65 bits per heavy atom. The average molecular weight is 301 g/mol. The van der Waals surface area contributed by atoms with Crippen molar-refractivity contribution in [1.29, 1.82) is 0 Å². The first kappa shape index (κ1) is 13.5. The molecule has 2 heterocycles. The van der Waals surface area contributed by atoms with E-state index in [-0.39, 0.29) is 0 Å². The Bertz CT molecular complexity index is 687. The topological polar surface area (TPSA) is 33.1 Å². The minimum absolute atomic E-state index is 0.638. The monoisotopic (exact) mass is 301 g/mol. The zero-order chi connectivity index (χ0) is 13.9. The van der Waals surface area contributed by atoms with Crippen molar-refractivity contribution in [3.05, 3.63) is 63.3 Å².